The van der Waals surface area contributed by atoms with E-state index in [0.29, 0.717) is 25.1 Å². The Morgan fingerprint density at radius 2 is 1.76 bits per heavy atom. The molecule has 1 atom stereocenters. The summed E-state index contributed by atoms with van der Waals surface area (Å²) in [7, 11) is 1.40. The van der Waals surface area contributed by atoms with E-state index in [4.69, 9.17) is 4.74 Å². The molecule has 0 bridgehead atoms. The van der Waals surface area contributed by atoms with E-state index in [-0.39, 0.29) is 5.97 Å². The Bertz CT molecular complexity index is 1030. The van der Waals surface area contributed by atoms with Crippen molar-refractivity contribution < 1.29 is 19.4 Å². The van der Waals surface area contributed by atoms with Gasteiger partial charge in [-0.15, -0.1) is 0 Å². The molecule has 206 valence electrons. The van der Waals surface area contributed by atoms with E-state index < -0.39 is 6.04 Å². The monoisotopic (exact) mass is 520 g/mol. The zero-order valence-corrected chi connectivity index (χ0v) is 23.3. The maximum Gasteiger partial charge on any atom is 0.323 e. The maximum absolute atomic E-state index is 12.0. The van der Waals surface area contributed by atoms with Gasteiger partial charge in [0.25, 0.3) is 0 Å². The number of ether oxygens (including phenoxy) is 1. The summed E-state index contributed by atoms with van der Waals surface area (Å²) in [5.74, 6) is 0.0315. The van der Waals surface area contributed by atoms with Crippen molar-refractivity contribution in [2.24, 2.45) is 0 Å². The Labute approximate surface area is 228 Å². The first-order chi connectivity index (χ1) is 18.5. The molecule has 3 N–H and O–H groups in total. The molecule has 0 heterocycles. The van der Waals surface area contributed by atoms with Gasteiger partial charge in [0.05, 0.1) is 12.9 Å². The van der Waals surface area contributed by atoms with Crippen LogP contribution in [-0.2, 0) is 27.3 Å². The van der Waals surface area contributed by atoms with Gasteiger partial charge in [0.15, 0.2) is 0 Å². The number of aliphatic hydroxyl groups excluding tert-OH is 1. The Morgan fingerprint density at radius 3 is 2.45 bits per heavy atom. The molecule has 6 nitrogen and oxygen atoms in total. The van der Waals surface area contributed by atoms with Crippen LogP contribution in [0.3, 0.4) is 0 Å². The van der Waals surface area contributed by atoms with E-state index in [1.807, 2.05) is 69.3 Å². The summed E-state index contributed by atoms with van der Waals surface area (Å²) in [4.78, 5) is 22.0. The molecule has 0 saturated heterocycles. The molecule has 1 aliphatic carbocycles. The summed E-state index contributed by atoms with van der Waals surface area (Å²) >= 11 is 0. The largest absolute Gasteiger partial charge is 0.512 e. The zero-order valence-electron chi connectivity index (χ0n) is 23.3. The molecule has 2 aromatic rings. The fraction of sp³-hybridized carbons (Fsp3) is 0.375. The Hall–Kier alpha value is -3.64. The van der Waals surface area contributed by atoms with E-state index in [0.717, 1.165) is 43.4 Å². The highest BCUT2D eigenvalue weighted by atomic mass is 16.5. The third-order valence-electron chi connectivity index (χ3n) is 5.84. The lowest BCUT2D eigenvalue weighted by molar-refractivity contribution is -0.143. The van der Waals surface area contributed by atoms with Crippen molar-refractivity contribution in [1.29, 1.82) is 0 Å². The first kappa shape index (κ1) is 32.4. The zero-order chi connectivity index (χ0) is 28.0. The second kappa shape index (κ2) is 20.4. The van der Waals surface area contributed by atoms with Gasteiger partial charge in [0.2, 0.25) is 6.41 Å². The van der Waals surface area contributed by atoms with Gasteiger partial charge >= 0.3 is 5.97 Å². The predicted molar refractivity (Wildman–Crippen MR) is 156 cm³/mol. The number of aryl methyl sites for hydroxylation is 2. The number of rotatable bonds is 12. The van der Waals surface area contributed by atoms with Gasteiger partial charge in [-0.3, -0.25) is 9.59 Å². The number of esters is 1. The summed E-state index contributed by atoms with van der Waals surface area (Å²) in [5, 5.41) is 15.5. The van der Waals surface area contributed by atoms with Crippen LogP contribution in [0.25, 0.3) is 0 Å². The standard InChI is InChI=1S/C19H23NO3.C11H15NO.C2H6/c1-14-6-3-4-8-16(14)13-20-18(19(22)23-2)12-15-7-5-9-17(21)11-10-15;13-10-12-9-5-4-8-11-6-2-1-3-7-11;1-2/h3-8,10-11,18,20-21H,9,12-13H2,1-2H3;1-3,6-7,10H,4-5,8-9H2,(H,12,13);1-2H3. The van der Waals surface area contributed by atoms with E-state index in [2.05, 4.69) is 34.9 Å². The molecule has 1 amide bonds. The topological polar surface area (TPSA) is 87.7 Å². The minimum absolute atomic E-state index is 0.287. The summed E-state index contributed by atoms with van der Waals surface area (Å²) in [6.07, 6.45) is 12.4. The van der Waals surface area contributed by atoms with E-state index in [9.17, 15) is 14.7 Å². The molecule has 0 saturated carbocycles. The number of hydrogen-bond acceptors (Lipinski definition) is 5. The minimum atomic E-state index is -0.427. The molecule has 1 unspecified atom stereocenters. The number of aliphatic hydroxyl groups is 1. The van der Waals surface area contributed by atoms with Crippen molar-refractivity contribution in [3.8, 4) is 0 Å². The van der Waals surface area contributed by atoms with Crippen molar-refractivity contribution in [2.75, 3.05) is 13.7 Å². The normalized spacial score (nSPS) is 12.7. The number of nitrogens with one attached hydrogen (secondary N) is 2. The molecule has 1 aliphatic rings. The Kier molecular flexibility index (Phi) is 17.4. The number of methoxy groups -OCH3 is 1. The highest BCUT2D eigenvalue weighted by molar-refractivity contribution is 5.76. The number of carbonyl (C=O) groups is 2. The number of allylic oxidation sites excluding steroid dienone is 4. The van der Waals surface area contributed by atoms with Crippen LogP contribution in [0.2, 0.25) is 0 Å². The Balaban J connectivity index is 0.000000408. The van der Waals surface area contributed by atoms with E-state index in [1.54, 1.807) is 6.08 Å². The number of hydrogen-bond donors (Lipinski definition) is 3. The lowest BCUT2D eigenvalue weighted by Gasteiger charge is -2.17. The maximum atomic E-state index is 12.0. The second-order valence-corrected chi connectivity index (χ2v) is 8.61. The van der Waals surface area contributed by atoms with Crippen LogP contribution in [0.4, 0.5) is 0 Å². The third-order valence-corrected chi connectivity index (χ3v) is 5.84. The second-order valence-electron chi connectivity index (χ2n) is 8.61. The van der Waals surface area contributed by atoms with Gasteiger partial charge in [-0.25, -0.2) is 0 Å². The van der Waals surface area contributed by atoms with Crippen LogP contribution in [0.1, 0.15) is 56.2 Å². The molecule has 2 aromatic carbocycles. The minimum Gasteiger partial charge on any atom is -0.512 e. The first-order valence-corrected chi connectivity index (χ1v) is 13.4. The smallest absolute Gasteiger partial charge is 0.323 e. The number of carbonyl (C=O) groups excluding carboxylic acids is 2. The molecule has 0 aliphatic heterocycles. The summed E-state index contributed by atoms with van der Waals surface area (Å²) in [5.41, 5.74) is 4.68. The van der Waals surface area contributed by atoms with Crippen LogP contribution in [0.15, 0.2) is 90.2 Å². The van der Waals surface area contributed by atoms with Crippen LogP contribution in [0, 0.1) is 6.92 Å². The number of amides is 1. The van der Waals surface area contributed by atoms with Crippen molar-refractivity contribution in [3.63, 3.8) is 0 Å². The molecule has 6 heteroatoms. The van der Waals surface area contributed by atoms with Gasteiger partial charge < -0.3 is 20.5 Å². The fourth-order valence-corrected chi connectivity index (χ4v) is 3.71. The fourth-order valence-electron chi connectivity index (χ4n) is 3.71. The molecular formula is C32H44N2O4. The number of benzene rings is 2. The summed E-state index contributed by atoms with van der Waals surface area (Å²) in [6.45, 7) is 7.44. The van der Waals surface area contributed by atoms with Crippen molar-refractivity contribution >= 4 is 12.4 Å². The summed E-state index contributed by atoms with van der Waals surface area (Å²) in [6, 6.07) is 18.0. The third kappa shape index (κ3) is 13.6. The molecule has 38 heavy (non-hydrogen) atoms. The Morgan fingerprint density at radius 1 is 1.05 bits per heavy atom. The van der Waals surface area contributed by atoms with Crippen LogP contribution in [-0.4, -0.2) is 37.2 Å². The average molecular weight is 521 g/mol. The highest BCUT2D eigenvalue weighted by Gasteiger charge is 2.20. The van der Waals surface area contributed by atoms with Crippen molar-refractivity contribution in [2.45, 2.75) is 65.5 Å². The molecule has 0 fully saturated rings. The predicted octanol–water partition coefficient (Wildman–Crippen LogP) is 6.13. The quantitative estimate of drug-likeness (QED) is 0.178. The van der Waals surface area contributed by atoms with Gasteiger partial charge in [0.1, 0.15) is 6.04 Å². The van der Waals surface area contributed by atoms with Crippen molar-refractivity contribution in [1.82, 2.24) is 10.6 Å². The lowest BCUT2D eigenvalue weighted by Crippen LogP contribution is -2.37. The lowest BCUT2D eigenvalue weighted by atomic mass is 10.0. The first-order valence-electron chi connectivity index (χ1n) is 13.4. The molecule has 3 rings (SSSR count). The van der Waals surface area contributed by atoms with Crippen LogP contribution in [0.5, 0.6) is 0 Å². The highest BCUT2D eigenvalue weighted by Crippen LogP contribution is 2.16. The van der Waals surface area contributed by atoms with Gasteiger partial charge in [-0.05, 0) is 60.9 Å². The molecular weight excluding hydrogens is 476 g/mol. The average Bonchev–Trinajstić information content (AvgIpc) is 3.17. The molecule has 0 aromatic heterocycles. The van der Waals surface area contributed by atoms with E-state index in [1.165, 1.54) is 18.2 Å². The van der Waals surface area contributed by atoms with Gasteiger partial charge in [0, 0.05) is 19.5 Å². The van der Waals surface area contributed by atoms with Crippen molar-refractivity contribution in [3.05, 3.63) is 107 Å². The summed E-state index contributed by atoms with van der Waals surface area (Å²) < 4.78 is 4.91. The van der Waals surface area contributed by atoms with Gasteiger partial charge in [-0.1, -0.05) is 86.7 Å². The SMILES string of the molecule is CC.COC(=O)C(CC1=CC=C(O)CC=C1)NCc1ccccc1C.O=CNCCCCc1ccccc1. The molecule has 0 spiro atoms. The van der Waals surface area contributed by atoms with Crippen LogP contribution >= 0.6 is 0 Å². The van der Waals surface area contributed by atoms with Crippen LogP contribution < -0.4 is 10.6 Å². The molecule has 0 radical (unpaired) electrons. The number of unbranched alkanes of at least 4 members (excludes halogenated alkanes) is 1. The van der Waals surface area contributed by atoms with Gasteiger partial charge in [-0.2, -0.15) is 0 Å². The van der Waals surface area contributed by atoms with E-state index >= 15 is 0 Å².